The lowest BCUT2D eigenvalue weighted by molar-refractivity contribution is -0.134. The van der Waals surface area contributed by atoms with Crippen LogP contribution in [0.1, 0.15) is 11.1 Å². The second-order valence-electron chi connectivity index (χ2n) is 6.13. The molecule has 27 heavy (non-hydrogen) atoms. The smallest absolute Gasteiger partial charge is 0.316 e. The van der Waals surface area contributed by atoms with Crippen molar-refractivity contribution in [2.45, 2.75) is 13.5 Å². The van der Waals surface area contributed by atoms with E-state index < -0.39 is 11.8 Å². The molecule has 3 rings (SSSR count). The fourth-order valence-corrected chi connectivity index (χ4v) is 2.85. The number of para-hydroxylation sites is 1. The fourth-order valence-electron chi connectivity index (χ4n) is 2.68. The van der Waals surface area contributed by atoms with Gasteiger partial charge in [0, 0.05) is 16.4 Å². The maximum atomic E-state index is 12.9. The minimum absolute atomic E-state index is 0.297. The molecule has 0 atom stereocenters. The number of aryl methyl sites for hydroxylation is 1. The molecule has 0 aliphatic heterocycles. The summed E-state index contributed by atoms with van der Waals surface area (Å²) in [6, 6.07) is 23.8. The number of amides is 2. The SMILES string of the molecule is Cc1ccc(Cl)cc1NC(=O)C(=O)N(Cc1ccccc1)c1ccccc1. The molecular weight excluding hydrogens is 360 g/mol. The zero-order valence-corrected chi connectivity index (χ0v) is 15.6. The Morgan fingerprint density at radius 2 is 1.56 bits per heavy atom. The summed E-state index contributed by atoms with van der Waals surface area (Å²) in [7, 11) is 0. The molecule has 0 radical (unpaired) electrons. The van der Waals surface area contributed by atoms with Crippen LogP contribution in [0, 0.1) is 6.92 Å². The molecule has 136 valence electrons. The first-order valence-corrected chi connectivity index (χ1v) is 8.90. The van der Waals surface area contributed by atoms with Gasteiger partial charge in [-0.25, -0.2) is 0 Å². The molecule has 0 aliphatic carbocycles. The van der Waals surface area contributed by atoms with Crippen molar-refractivity contribution in [1.82, 2.24) is 0 Å². The molecule has 3 aromatic rings. The van der Waals surface area contributed by atoms with Gasteiger partial charge in [-0.05, 0) is 42.3 Å². The molecule has 0 aromatic heterocycles. The van der Waals surface area contributed by atoms with E-state index in [4.69, 9.17) is 11.6 Å². The zero-order valence-electron chi connectivity index (χ0n) is 14.9. The second kappa shape index (κ2) is 8.52. The second-order valence-corrected chi connectivity index (χ2v) is 6.56. The minimum Gasteiger partial charge on any atom is -0.317 e. The van der Waals surface area contributed by atoms with E-state index in [9.17, 15) is 9.59 Å². The molecule has 4 nitrogen and oxygen atoms in total. The number of carbonyl (C=O) groups is 2. The van der Waals surface area contributed by atoms with Crippen molar-refractivity contribution in [3.8, 4) is 0 Å². The summed E-state index contributed by atoms with van der Waals surface area (Å²) in [6.07, 6.45) is 0. The van der Waals surface area contributed by atoms with Crippen LogP contribution in [0.2, 0.25) is 5.02 Å². The van der Waals surface area contributed by atoms with Crippen LogP contribution in [0.4, 0.5) is 11.4 Å². The highest BCUT2D eigenvalue weighted by atomic mass is 35.5. The van der Waals surface area contributed by atoms with Gasteiger partial charge in [0.2, 0.25) is 0 Å². The van der Waals surface area contributed by atoms with Crippen LogP contribution in [0.5, 0.6) is 0 Å². The maximum absolute atomic E-state index is 12.9. The zero-order chi connectivity index (χ0) is 19.2. The molecule has 0 fully saturated rings. The normalized spacial score (nSPS) is 10.3. The van der Waals surface area contributed by atoms with Crippen molar-refractivity contribution in [2.24, 2.45) is 0 Å². The number of carbonyl (C=O) groups excluding carboxylic acids is 2. The Bertz CT molecular complexity index is 943. The first-order chi connectivity index (χ1) is 13.0. The third kappa shape index (κ3) is 4.74. The largest absolute Gasteiger partial charge is 0.317 e. The number of halogens is 1. The Morgan fingerprint density at radius 3 is 2.22 bits per heavy atom. The van der Waals surface area contributed by atoms with Crippen molar-refractivity contribution < 1.29 is 9.59 Å². The standard InChI is InChI=1S/C22H19ClN2O2/c1-16-12-13-18(23)14-20(16)24-21(26)22(27)25(19-10-6-3-7-11-19)15-17-8-4-2-5-9-17/h2-14H,15H2,1H3,(H,24,26). The summed E-state index contributed by atoms with van der Waals surface area (Å²) >= 11 is 6.00. The van der Waals surface area contributed by atoms with Crippen LogP contribution in [0.15, 0.2) is 78.9 Å². The minimum atomic E-state index is -0.708. The molecule has 0 heterocycles. The van der Waals surface area contributed by atoms with Crippen molar-refractivity contribution in [3.05, 3.63) is 95.0 Å². The monoisotopic (exact) mass is 378 g/mol. The number of hydrogen-bond donors (Lipinski definition) is 1. The molecule has 0 saturated heterocycles. The lowest BCUT2D eigenvalue weighted by atomic mass is 10.2. The van der Waals surface area contributed by atoms with E-state index in [0.717, 1.165) is 11.1 Å². The number of hydrogen-bond acceptors (Lipinski definition) is 2. The number of benzene rings is 3. The van der Waals surface area contributed by atoms with Gasteiger partial charge in [0.1, 0.15) is 0 Å². The quantitative estimate of drug-likeness (QED) is 0.661. The first kappa shape index (κ1) is 18.7. The lowest BCUT2D eigenvalue weighted by Gasteiger charge is -2.22. The molecule has 5 heteroatoms. The third-order valence-corrected chi connectivity index (χ3v) is 4.37. The van der Waals surface area contributed by atoms with Crippen LogP contribution in [0.25, 0.3) is 0 Å². The molecule has 0 spiro atoms. The van der Waals surface area contributed by atoms with Crippen LogP contribution in [-0.2, 0) is 16.1 Å². The van der Waals surface area contributed by atoms with Gasteiger partial charge in [-0.1, -0.05) is 66.2 Å². The fraction of sp³-hybridized carbons (Fsp3) is 0.0909. The maximum Gasteiger partial charge on any atom is 0.316 e. The number of nitrogens with zero attached hydrogens (tertiary/aromatic N) is 1. The average molecular weight is 379 g/mol. The number of anilines is 2. The average Bonchev–Trinajstić information content (AvgIpc) is 2.70. The van der Waals surface area contributed by atoms with Gasteiger partial charge < -0.3 is 5.32 Å². The Hall–Kier alpha value is -3.11. The molecule has 0 aliphatic rings. The Kier molecular flexibility index (Phi) is 5.89. The van der Waals surface area contributed by atoms with E-state index in [0.29, 0.717) is 22.9 Å². The molecular formula is C22H19ClN2O2. The Labute approximate surface area is 163 Å². The van der Waals surface area contributed by atoms with Crippen LogP contribution >= 0.6 is 11.6 Å². The van der Waals surface area contributed by atoms with Gasteiger partial charge in [0.15, 0.2) is 0 Å². The van der Waals surface area contributed by atoms with Gasteiger partial charge in [-0.15, -0.1) is 0 Å². The summed E-state index contributed by atoms with van der Waals surface area (Å²) in [5.74, 6) is -1.34. The first-order valence-electron chi connectivity index (χ1n) is 8.52. The van der Waals surface area contributed by atoms with Crippen LogP contribution in [-0.4, -0.2) is 11.8 Å². The Balaban J connectivity index is 1.86. The van der Waals surface area contributed by atoms with Crippen molar-refractivity contribution >= 4 is 34.8 Å². The summed E-state index contributed by atoms with van der Waals surface area (Å²) in [5, 5.41) is 3.17. The topological polar surface area (TPSA) is 49.4 Å². The Morgan fingerprint density at radius 1 is 0.926 bits per heavy atom. The summed E-state index contributed by atoms with van der Waals surface area (Å²) in [4.78, 5) is 27.0. The van der Waals surface area contributed by atoms with Crippen molar-refractivity contribution in [1.29, 1.82) is 0 Å². The lowest BCUT2D eigenvalue weighted by Crippen LogP contribution is -2.39. The third-order valence-electron chi connectivity index (χ3n) is 4.14. The van der Waals surface area contributed by atoms with Gasteiger partial charge in [-0.2, -0.15) is 0 Å². The molecule has 3 aromatic carbocycles. The van der Waals surface area contributed by atoms with Crippen molar-refractivity contribution in [2.75, 3.05) is 10.2 Å². The highest BCUT2D eigenvalue weighted by molar-refractivity contribution is 6.44. The van der Waals surface area contributed by atoms with Gasteiger partial charge >= 0.3 is 11.8 Å². The summed E-state index contributed by atoms with van der Waals surface area (Å²) in [5.41, 5.74) is 2.94. The van der Waals surface area contributed by atoms with Crippen molar-refractivity contribution in [3.63, 3.8) is 0 Å². The van der Waals surface area contributed by atoms with Gasteiger partial charge in [0.25, 0.3) is 0 Å². The predicted molar refractivity (Wildman–Crippen MR) is 109 cm³/mol. The molecule has 0 unspecified atom stereocenters. The summed E-state index contributed by atoms with van der Waals surface area (Å²) in [6.45, 7) is 2.14. The van der Waals surface area contributed by atoms with Crippen LogP contribution < -0.4 is 10.2 Å². The predicted octanol–water partition coefficient (Wildman–Crippen LogP) is 4.82. The summed E-state index contributed by atoms with van der Waals surface area (Å²) < 4.78 is 0. The van der Waals surface area contributed by atoms with E-state index in [1.807, 2.05) is 55.5 Å². The van der Waals surface area contributed by atoms with E-state index >= 15 is 0 Å². The van der Waals surface area contributed by atoms with E-state index in [-0.39, 0.29) is 0 Å². The number of nitrogens with one attached hydrogen (secondary N) is 1. The highest BCUT2D eigenvalue weighted by Gasteiger charge is 2.24. The van der Waals surface area contributed by atoms with Gasteiger partial charge in [0.05, 0.1) is 6.54 Å². The molecule has 0 saturated carbocycles. The molecule has 1 N–H and O–H groups in total. The molecule has 2 amide bonds. The van der Waals surface area contributed by atoms with Crippen LogP contribution in [0.3, 0.4) is 0 Å². The number of rotatable bonds is 4. The van der Waals surface area contributed by atoms with E-state index in [1.54, 1.807) is 30.3 Å². The van der Waals surface area contributed by atoms with E-state index in [2.05, 4.69) is 5.32 Å². The highest BCUT2D eigenvalue weighted by Crippen LogP contribution is 2.21. The van der Waals surface area contributed by atoms with Gasteiger partial charge in [-0.3, -0.25) is 14.5 Å². The van der Waals surface area contributed by atoms with E-state index in [1.165, 1.54) is 4.90 Å². The molecule has 0 bridgehead atoms.